The molecule has 1 aliphatic carbocycles. The molecule has 1 atom stereocenters. The van der Waals surface area contributed by atoms with Crippen LogP contribution >= 0.6 is 11.3 Å². The molecule has 2 heterocycles. The summed E-state index contributed by atoms with van der Waals surface area (Å²) in [4.78, 5) is 4.90. The second-order valence-electron chi connectivity index (χ2n) is 5.74. The molecule has 1 aromatic rings. The van der Waals surface area contributed by atoms with Gasteiger partial charge in [0.1, 0.15) is 0 Å². The highest BCUT2D eigenvalue weighted by Gasteiger charge is 2.33. The van der Waals surface area contributed by atoms with Crippen LogP contribution in [0.2, 0.25) is 0 Å². The maximum absolute atomic E-state index is 12.5. The van der Waals surface area contributed by atoms with Crippen molar-refractivity contribution in [1.82, 2.24) is 19.3 Å². The van der Waals surface area contributed by atoms with Crippen LogP contribution in [0.3, 0.4) is 0 Å². The number of rotatable bonds is 7. The van der Waals surface area contributed by atoms with Gasteiger partial charge in [0.25, 0.3) is 10.2 Å². The van der Waals surface area contributed by atoms with E-state index in [0.717, 1.165) is 30.7 Å². The zero-order chi connectivity index (χ0) is 14.7. The van der Waals surface area contributed by atoms with Crippen molar-refractivity contribution in [2.45, 2.75) is 50.7 Å². The first-order valence-electron chi connectivity index (χ1n) is 7.52. The Bertz CT molecular complexity index is 543. The second kappa shape index (κ2) is 6.70. The third-order valence-corrected chi connectivity index (χ3v) is 6.40. The lowest BCUT2D eigenvalue weighted by atomic mass is 10.1. The molecule has 1 saturated heterocycles. The highest BCUT2D eigenvalue weighted by molar-refractivity contribution is 7.87. The number of hydrogen-bond donors (Lipinski definition) is 2. The largest absolute Gasteiger partial charge is 0.312 e. The van der Waals surface area contributed by atoms with Gasteiger partial charge in [-0.1, -0.05) is 6.42 Å². The van der Waals surface area contributed by atoms with E-state index in [1.807, 2.05) is 0 Å². The summed E-state index contributed by atoms with van der Waals surface area (Å²) >= 11 is 1.46. The van der Waals surface area contributed by atoms with Gasteiger partial charge in [0.05, 0.1) is 5.51 Å². The fourth-order valence-corrected chi connectivity index (χ4v) is 4.73. The quantitative estimate of drug-likeness (QED) is 0.785. The summed E-state index contributed by atoms with van der Waals surface area (Å²) < 4.78 is 29.4. The third-order valence-electron chi connectivity index (χ3n) is 4.01. The van der Waals surface area contributed by atoms with Gasteiger partial charge >= 0.3 is 0 Å². The normalized spacial score (nSPS) is 24.3. The lowest BCUT2D eigenvalue weighted by Gasteiger charge is -2.34. The van der Waals surface area contributed by atoms with E-state index in [0.29, 0.717) is 19.1 Å². The zero-order valence-corrected chi connectivity index (χ0v) is 13.6. The van der Waals surface area contributed by atoms with Crippen LogP contribution in [0.1, 0.15) is 37.0 Å². The lowest BCUT2D eigenvalue weighted by Crippen LogP contribution is -2.52. The fourth-order valence-electron chi connectivity index (χ4n) is 2.66. The van der Waals surface area contributed by atoms with Crippen LogP contribution in [0.5, 0.6) is 0 Å². The van der Waals surface area contributed by atoms with Crippen LogP contribution in [0, 0.1) is 0 Å². The monoisotopic (exact) mass is 330 g/mol. The number of piperidine rings is 1. The van der Waals surface area contributed by atoms with Crippen molar-refractivity contribution in [3.8, 4) is 0 Å². The van der Waals surface area contributed by atoms with Gasteiger partial charge < -0.3 is 5.32 Å². The highest BCUT2D eigenvalue weighted by atomic mass is 32.2. The molecule has 0 aromatic carbocycles. The van der Waals surface area contributed by atoms with Crippen LogP contribution in [0.4, 0.5) is 0 Å². The Morgan fingerprint density at radius 3 is 2.90 bits per heavy atom. The number of hydrogen-bond acceptors (Lipinski definition) is 5. The Kier molecular flexibility index (Phi) is 4.90. The van der Waals surface area contributed by atoms with Gasteiger partial charge in [-0.3, -0.25) is 4.98 Å². The molecule has 1 unspecified atom stereocenters. The standard InChI is InChI=1S/C13H22N4O2S2/c18-21(19,16-9-13-8-14-10-20-13)17-6-2-1-3-12(17)7-15-11-4-5-11/h8,10-12,15-16H,1-7,9H2. The molecule has 3 rings (SSSR count). The Morgan fingerprint density at radius 1 is 1.33 bits per heavy atom. The van der Waals surface area contributed by atoms with Crippen LogP contribution in [0.15, 0.2) is 11.7 Å². The Hall–Kier alpha value is -0.540. The van der Waals surface area contributed by atoms with E-state index in [2.05, 4.69) is 15.0 Å². The number of aromatic nitrogens is 1. The minimum atomic E-state index is -3.41. The molecule has 0 radical (unpaired) electrons. The minimum absolute atomic E-state index is 0.0818. The summed E-state index contributed by atoms with van der Waals surface area (Å²) in [5, 5.41) is 3.46. The summed E-state index contributed by atoms with van der Waals surface area (Å²) in [6.07, 6.45) is 7.15. The average Bonchev–Trinajstić information content (AvgIpc) is 3.17. The van der Waals surface area contributed by atoms with Crippen molar-refractivity contribution < 1.29 is 8.42 Å². The molecule has 1 aromatic heterocycles. The SMILES string of the molecule is O=S(=O)(NCc1cncs1)N1CCCCC1CNC1CC1. The molecular formula is C13H22N4O2S2. The Balaban J connectivity index is 1.59. The number of thiazole rings is 1. The van der Waals surface area contributed by atoms with Gasteiger partial charge in [0.15, 0.2) is 0 Å². The van der Waals surface area contributed by atoms with Crippen molar-refractivity contribution >= 4 is 21.5 Å². The van der Waals surface area contributed by atoms with Crippen molar-refractivity contribution in [2.75, 3.05) is 13.1 Å². The third kappa shape index (κ3) is 4.23. The summed E-state index contributed by atoms with van der Waals surface area (Å²) in [5.74, 6) is 0. The first-order chi connectivity index (χ1) is 10.1. The molecular weight excluding hydrogens is 308 g/mol. The minimum Gasteiger partial charge on any atom is -0.312 e. The summed E-state index contributed by atoms with van der Waals surface area (Å²) in [7, 11) is -3.41. The summed E-state index contributed by atoms with van der Waals surface area (Å²) in [5.41, 5.74) is 1.72. The van der Waals surface area contributed by atoms with Crippen molar-refractivity contribution in [3.05, 3.63) is 16.6 Å². The van der Waals surface area contributed by atoms with Gasteiger partial charge in [-0.05, 0) is 25.7 Å². The molecule has 21 heavy (non-hydrogen) atoms. The molecule has 2 N–H and O–H groups in total. The molecule has 2 aliphatic rings. The van der Waals surface area contributed by atoms with Gasteiger partial charge in [0, 0.05) is 42.8 Å². The predicted molar refractivity (Wildman–Crippen MR) is 83.2 cm³/mol. The van der Waals surface area contributed by atoms with Crippen LogP contribution in [-0.2, 0) is 16.8 Å². The first-order valence-corrected chi connectivity index (χ1v) is 9.84. The van der Waals surface area contributed by atoms with E-state index in [9.17, 15) is 8.42 Å². The highest BCUT2D eigenvalue weighted by Crippen LogP contribution is 2.23. The molecule has 0 spiro atoms. The van der Waals surface area contributed by atoms with Gasteiger partial charge in [-0.15, -0.1) is 11.3 Å². The van der Waals surface area contributed by atoms with E-state index < -0.39 is 10.2 Å². The van der Waals surface area contributed by atoms with E-state index in [4.69, 9.17) is 0 Å². The molecule has 8 heteroatoms. The lowest BCUT2D eigenvalue weighted by molar-refractivity contribution is 0.242. The molecule has 0 amide bonds. The van der Waals surface area contributed by atoms with Crippen LogP contribution in [-0.4, -0.2) is 42.9 Å². The topological polar surface area (TPSA) is 74.3 Å². The van der Waals surface area contributed by atoms with Gasteiger partial charge in [-0.2, -0.15) is 17.4 Å². The molecule has 2 fully saturated rings. The summed E-state index contributed by atoms with van der Waals surface area (Å²) in [6, 6.07) is 0.694. The second-order valence-corrected chi connectivity index (χ2v) is 8.42. The Labute approximate surface area is 130 Å². The predicted octanol–water partition coefficient (Wildman–Crippen LogP) is 1.08. The maximum atomic E-state index is 12.5. The molecule has 1 saturated carbocycles. The zero-order valence-electron chi connectivity index (χ0n) is 12.0. The average molecular weight is 330 g/mol. The van der Waals surface area contributed by atoms with E-state index in [1.165, 1.54) is 24.2 Å². The van der Waals surface area contributed by atoms with Crippen LogP contribution in [0.25, 0.3) is 0 Å². The maximum Gasteiger partial charge on any atom is 0.280 e. The smallest absolute Gasteiger partial charge is 0.280 e. The molecule has 6 nitrogen and oxygen atoms in total. The number of nitrogens with zero attached hydrogens (tertiary/aromatic N) is 2. The fraction of sp³-hybridized carbons (Fsp3) is 0.769. The van der Waals surface area contributed by atoms with Crippen molar-refractivity contribution in [1.29, 1.82) is 0 Å². The van der Waals surface area contributed by atoms with Crippen LogP contribution < -0.4 is 10.0 Å². The van der Waals surface area contributed by atoms with E-state index in [1.54, 1.807) is 16.0 Å². The molecule has 118 valence electrons. The first kappa shape index (κ1) is 15.4. The van der Waals surface area contributed by atoms with Gasteiger partial charge in [0.2, 0.25) is 0 Å². The molecule has 1 aliphatic heterocycles. The van der Waals surface area contributed by atoms with Crippen molar-refractivity contribution in [3.63, 3.8) is 0 Å². The van der Waals surface area contributed by atoms with E-state index >= 15 is 0 Å². The molecule has 0 bridgehead atoms. The number of nitrogens with one attached hydrogen (secondary N) is 2. The summed E-state index contributed by atoms with van der Waals surface area (Å²) in [6.45, 7) is 1.72. The van der Waals surface area contributed by atoms with E-state index in [-0.39, 0.29) is 6.04 Å². The van der Waals surface area contributed by atoms with Crippen molar-refractivity contribution in [2.24, 2.45) is 0 Å². The Morgan fingerprint density at radius 2 is 2.19 bits per heavy atom. The van der Waals surface area contributed by atoms with Gasteiger partial charge in [-0.25, -0.2) is 0 Å².